The zero-order valence-corrected chi connectivity index (χ0v) is 9.90. The SMILES string of the molecule is CC(C)c1cccc(OC2CCC(=O)C2)c1. The van der Waals surface area contributed by atoms with E-state index in [9.17, 15) is 4.79 Å². The maximum absolute atomic E-state index is 11.1. The molecule has 0 amide bonds. The molecule has 86 valence electrons. The van der Waals surface area contributed by atoms with E-state index < -0.39 is 0 Å². The van der Waals surface area contributed by atoms with Gasteiger partial charge in [0.15, 0.2) is 0 Å². The molecule has 0 spiro atoms. The minimum atomic E-state index is 0.0925. The number of benzene rings is 1. The molecule has 1 unspecified atom stereocenters. The van der Waals surface area contributed by atoms with Crippen LogP contribution in [-0.2, 0) is 4.79 Å². The Morgan fingerprint density at radius 2 is 2.19 bits per heavy atom. The Morgan fingerprint density at radius 1 is 1.38 bits per heavy atom. The summed E-state index contributed by atoms with van der Waals surface area (Å²) in [6.07, 6.45) is 2.21. The summed E-state index contributed by atoms with van der Waals surface area (Å²) in [5, 5.41) is 0. The summed E-state index contributed by atoms with van der Waals surface area (Å²) in [4.78, 5) is 11.1. The van der Waals surface area contributed by atoms with E-state index in [2.05, 4.69) is 26.0 Å². The van der Waals surface area contributed by atoms with Crippen LogP contribution < -0.4 is 4.74 Å². The average Bonchev–Trinajstić information content (AvgIpc) is 2.64. The van der Waals surface area contributed by atoms with Crippen molar-refractivity contribution in [2.45, 2.75) is 45.1 Å². The van der Waals surface area contributed by atoms with Crippen molar-refractivity contribution < 1.29 is 9.53 Å². The van der Waals surface area contributed by atoms with Crippen LogP contribution in [-0.4, -0.2) is 11.9 Å². The molecule has 2 nitrogen and oxygen atoms in total. The average molecular weight is 218 g/mol. The fourth-order valence-corrected chi connectivity index (χ4v) is 2.02. The monoisotopic (exact) mass is 218 g/mol. The molecule has 1 aliphatic rings. The van der Waals surface area contributed by atoms with E-state index in [0.29, 0.717) is 24.5 Å². The number of ketones is 1. The second kappa shape index (κ2) is 4.69. The maximum atomic E-state index is 11.1. The quantitative estimate of drug-likeness (QED) is 0.778. The summed E-state index contributed by atoms with van der Waals surface area (Å²) in [5.41, 5.74) is 1.28. The fourth-order valence-electron chi connectivity index (χ4n) is 2.02. The predicted octanol–water partition coefficient (Wildman–Crippen LogP) is 3.31. The van der Waals surface area contributed by atoms with Crippen molar-refractivity contribution in [1.29, 1.82) is 0 Å². The lowest BCUT2D eigenvalue weighted by Gasteiger charge is -2.14. The van der Waals surface area contributed by atoms with Gasteiger partial charge in [0.2, 0.25) is 0 Å². The van der Waals surface area contributed by atoms with Crippen molar-refractivity contribution in [3.63, 3.8) is 0 Å². The maximum Gasteiger partial charge on any atom is 0.136 e. The molecule has 2 rings (SSSR count). The molecule has 2 heteroatoms. The third-order valence-corrected chi connectivity index (χ3v) is 3.03. The molecule has 1 fully saturated rings. The number of carbonyl (C=O) groups is 1. The highest BCUT2D eigenvalue weighted by Crippen LogP contribution is 2.25. The lowest BCUT2D eigenvalue weighted by Crippen LogP contribution is -2.12. The van der Waals surface area contributed by atoms with Crippen LogP contribution in [0.4, 0.5) is 0 Å². The third kappa shape index (κ3) is 2.63. The Morgan fingerprint density at radius 3 is 2.81 bits per heavy atom. The Labute approximate surface area is 96.6 Å². The molecule has 1 saturated carbocycles. The largest absolute Gasteiger partial charge is 0.490 e. The molecule has 1 aliphatic carbocycles. The summed E-state index contributed by atoms with van der Waals surface area (Å²) >= 11 is 0. The van der Waals surface area contributed by atoms with Crippen LogP contribution in [0, 0.1) is 0 Å². The van der Waals surface area contributed by atoms with Gasteiger partial charge in [-0.1, -0.05) is 26.0 Å². The molecule has 0 heterocycles. The fraction of sp³-hybridized carbons (Fsp3) is 0.500. The van der Waals surface area contributed by atoms with Crippen molar-refractivity contribution in [3.8, 4) is 5.75 Å². The Bertz CT molecular complexity index is 382. The van der Waals surface area contributed by atoms with E-state index in [0.717, 1.165) is 12.2 Å². The van der Waals surface area contributed by atoms with Crippen LogP contribution in [0.1, 0.15) is 44.6 Å². The lowest BCUT2D eigenvalue weighted by molar-refractivity contribution is -0.117. The van der Waals surface area contributed by atoms with Gasteiger partial charge < -0.3 is 4.74 Å². The van der Waals surface area contributed by atoms with E-state index in [1.807, 2.05) is 12.1 Å². The molecule has 1 atom stereocenters. The van der Waals surface area contributed by atoms with Gasteiger partial charge in [0, 0.05) is 12.8 Å². The predicted molar refractivity (Wildman–Crippen MR) is 63.8 cm³/mol. The summed E-state index contributed by atoms with van der Waals surface area (Å²) in [5.74, 6) is 1.73. The molecule has 0 aliphatic heterocycles. The van der Waals surface area contributed by atoms with Crippen LogP contribution in [0.3, 0.4) is 0 Å². The smallest absolute Gasteiger partial charge is 0.136 e. The van der Waals surface area contributed by atoms with Crippen LogP contribution in [0.2, 0.25) is 0 Å². The Hall–Kier alpha value is -1.31. The van der Waals surface area contributed by atoms with Crippen LogP contribution in [0.15, 0.2) is 24.3 Å². The molecule has 16 heavy (non-hydrogen) atoms. The highest BCUT2D eigenvalue weighted by atomic mass is 16.5. The van der Waals surface area contributed by atoms with Crippen LogP contribution >= 0.6 is 0 Å². The van der Waals surface area contributed by atoms with Gasteiger partial charge in [-0.25, -0.2) is 0 Å². The molecule has 1 aromatic carbocycles. The van der Waals surface area contributed by atoms with E-state index in [1.165, 1.54) is 5.56 Å². The van der Waals surface area contributed by atoms with E-state index in [-0.39, 0.29) is 6.10 Å². The standard InChI is InChI=1S/C14H18O2/c1-10(2)11-4-3-5-13(8-11)16-14-7-6-12(15)9-14/h3-5,8,10,14H,6-7,9H2,1-2H3. The van der Waals surface area contributed by atoms with Crippen molar-refractivity contribution >= 4 is 5.78 Å². The van der Waals surface area contributed by atoms with Crippen LogP contribution in [0.5, 0.6) is 5.75 Å². The molecule has 0 radical (unpaired) electrons. The second-order valence-corrected chi connectivity index (χ2v) is 4.75. The van der Waals surface area contributed by atoms with Gasteiger partial charge in [-0.15, -0.1) is 0 Å². The minimum Gasteiger partial charge on any atom is -0.490 e. The van der Waals surface area contributed by atoms with E-state index in [1.54, 1.807) is 0 Å². The number of Topliss-reactive ketones (excluding diaryl/α,β-unsaturated/α-hetero) is 1. The van der Waals surface area contributed by atoms with Gasteiger partial charge in [0.05, 0.1) is 0 Å². The Kier molecular flexibility index (Phi) is 3.28. The number of ether oxygens (including phenoxy) is 1. The minimum absolute atomic E-state index is 0.0925. The van der Waals surface area contributed by atoms with Crippen molar-refractivity contribution in [2.24, 2.45) is 0 Å². The first kappa shape index (κ1) is 11.2. The first-order valence-corrected chi connectivity index (χ1v) is 5.93. The summed E-state index contributed by atoms with van der Waals surface area (Å²) in [6, 6.07) is 8.17. The normalized spacial score (nSPS) is 20.4. The van der Waals surface area contributed by atoms with Gasteiger partial charge in [-0.3, -0.25) is 4.79 Å². The van der Waals surface area contributed by atoms with Crippen LogP contribution in [0.25, 0.3) is 0 Å². The van der Waals surface area contributed by atoms with E-state index >= 15 is 0 Å². The molecule has 0 saturated heterocycles. The molecule has 1 aromatic rings. The van der Waals surface area contributed by atoms with Crippen molar-refractivity contribution in [3.05, 3.63) is 29.8 Å². The first-order chi connectivity index (χ1) is 7.65. The summed E-state index contributed by atoms with van der Waals surface area (Å²) in [7, 11) is 0. The molecular formula is C14H18O2. The van der Waals surface area contributed by atoms with Gasteiger partial charge in [-0.05, 0) is 30.0 Å². The summed E-state index contributed by atoms with van der Waals surface area (Å²) in [6.45, 7) is 4.33. The van der Waals surface area contributed by atoms with Gasteiger partial charge in [0.25, 0.3) is 0 Å². The first-order valence-electron chi connectivity index (χ1n) is 5.93. The summed E-state index contributed by atoms with van der Waals surface area (Å²) < 4.78 is 5.82. The van der Waals surface area contributed by atoms with E-state index in [4.69, 9.17) is 4.74 Å². The number of hydrogen-bond acceptors (Lipinski definition) is 2. The zero-order chi connectivity index (χ0) is 11.5. The second-order valence-electron chi connectivity index (χ2n) is 4.75. The van der Waals surface area contributed by atoms with Gasteiger partial charge in [0.1, 0.15) is 17.6 Å². The molecular weight excluding hydrogens is 200 g/mol. The van der Waals surface area contributed by atoms with Crippen molar-refractivity contribution in [1.82, 2.24) is 0 Å². The topological polar surface area (TPSA) is 26.3 Å². The molecule has 0 aromatic heterocycles. The highest BCUT2D eigenvalue weighted by Gasteiger charge is 2.23. The Balaban J connectivity index is 2.04. The number of hydrogen-bond donors (Lipinski definition) is 0. The van der Waals surface area contributed by atoms with Gasteiger partial charge >= 0.3 is 0 Å². The van der Waals surface area contributed by atoms with Gasteiger partial charge in [-0.2, -0.15) is 0 Å². The number of rotatable bonds is 3. The third-order valence-electron chi connectivity index (χ3n) is 3.03. The zero-order valence-electron chi connectivity index (χ0n) is 9.90. The lowest BCUT2D eigenvalue weighted by atomic mass is 10.0. The molecule has 0 bridgehead atoms. The molecule has 0 N–H and O–H groups in total. The number of carbonyl (C=O) groups excluding carboxylic acids is 1. The highest BCUT2D eigenvalue weighted by molar-refractivity contribution is 5.81. The van der Waals surface area contributed by atoms with Crippen molar-refractivity contribution in [2.75, 3.05) is 0 Å².